The summed E-state index contributed by atoms with van der Waals surface area (Å²) >= 11 is 0. The van der Waals surface area contributed by atoms with Gasteiger partial charge in [-0.15, -0.1) is 0 Å². The fraction of sp³-hybridized carbons (Fsp3) is 0. The van der Waals surface area contributed by atoms with Gasteiger partial charge in [0.15, 0.2) is 11.6 Å². The first kappa shape index (κ1) is 48.4. The Morgan fingerprint density at radius 2 is 0.785 bits per heavy atom. The topological polar surface area (TPSA) is 266 Å². The molecule has 0 spiro atoms. The number of nitrogen functional groups attached to an aromatic ring is 1. The van der Waals surface area contributed by atoms with E-state index in [4.69, 9.17) is 5.73 Å². The van der Waals surface area contributed by atoms with Crippen LogP contribution in [0, 0.1) is 0 Å². The van der Waals surface area contributed by atoms with Gasteiger partial charge in [-0.2, -0.15) is 29.9 Å². The molecular weight excluding hydrogens is 889 g/mol. The summed E-state index contributed by atoms with van der Waals surface area (Å²) in [6.45, 7) is 0. The fourth-order valence-corrected chi connectivity index (χ4v) is 7.62. The first-order valence-electron chi connectivity index (χ1n) is 18.8. The predicted octanol–water partition coefficient (Wildman–Crippen LogP) is 1.93. The summed E-state index contributed by atoms with van der Waals surface area (Å²) in [7, 11) is -10.4. The zero-order valence-electron chi connectivity index (χ0n) is 34.6. The maximum Gasteiger partial charge on any atom is 1.00 e. The number of rotatable bonds is 14. The van der Waals surface area contributed by atoms with Gasteiger partial charge in [-0.1, -0.05) is 97.1 Å². The van der Waals surface area contributed by atoms with Crippen LogP contribution < -0.4 is 86.1 Å². The number of hydrogen-bond acceptors (Lipinski definition) is 17. The Kier molecular flexibility index (Phi) is 15.8. The van der Waals surface area contributed by atoms with Crippen LogP contribution in [0.2, 0.25) is 0 Å². The van der Waals surface area contributed by atoms with E-state index in [1.807, 2.05) is 72.8 Å². The number of nitrogens with two attached hydrogens (primary N) is 1. The first-order valence-corrected chi connectivity index (χ1v) is 21.6. The Hall–Kier alpha value is -6.10. The summed E-state index contributed by atoms with van der Waals surface area (Å²) in [5.41, 5.74) is 8.66. The molecule has 0 saturated heterocycles. The van der Waals surface area contributed by atoms with E-state index in [1.54, 1.807) is 48.5 Å². The standard InChI is InChI=1S/C44H35N11O6S2.2Na/c45-36-25-30(40-52-43(48-33-17-9-3-10-18-33)55-44(53-40)49-34-19-11-4-12-20-34)27-38(63(59,60)61)35(36)24-23-28-21-22-29(26-37(28)62(56,57)58)39-50-41(46-31-13-5-1-6-14-31)54-42(51-39)47-32-15-7-2-8-16-32;;/h1-27H,45H2,(H,56,57,58)(H,59,60,61)(H2,46,47,50,51,54)(H2,48,49,52,53,55);;/q;2*+1/p-2. The van der Waals surface area contributed by atoms with Crippen LogP contribution in [0.25, 0.3) is 34.9 Å². The maximum absolute atomic E-state index is 12.8. The summed E-state index contributed by atoms with van der Waals surface area (Å²) in [6, 6.07) is 42.6. The van der Waals surface area contributed by atoms with Gasteiger partial charge in [-0.05, 0) is 72.3 Å². The van der Waals surface area contributed by atoms with Crippen molar-refractivity contribution in [3.8, 4) is 22.8 Å². The molecule has 314 valence electrons. The van der Waals surface area contributed by atoms with Gasteiger partial charge in [-0.3, -0.25) is 0 Å². The van der Waals surface area contributed by atoms with Gasteiger partial charge >= 0.3 is 59.1 Å². The number of nitrogens with zero attached hydrogens (tertiary/aromatic N) is 6. The van der Waals surface area contributed by atoms with Crippen LogP contribution in [0.4, 0.5) is 52.2 Å². The monoisotopic (exact) mass is 921 g/mol. The van der Waals surface area contributed by atoms with Crippen LogP contribution in [-0.2, 0) is 20.2 Å². The van der Waals surface area contributed by atoms with Crippen LogP contribution in [-0.4, -0.2) is 55.8 Å². The normalized spacial score (nSPS) is 11.2. The Morgan fingerprint density at radius 3 is 1.15 bits per heavy atom. The van der Waals surface area contributed by atoms with E-state index in [1.165, 1.54) is 24.3 Å². The molecule has 0 saturated carbocycles. The minimum Gasteiger partial charge on any atom is -0.744 e. The van der Waals surface area contributed by atoms with Gasteiger partial charge in [0, 0.05) is 45.1 Å². The number of nitrogens with one attached hydrogen (secondary N) is 4. The summed E-state index contributed by atoms with van der Waals surface area (Å²) in [5.74, 6) is 0.414. The van der Waals surface area contributed by atoms with Crippen LogP contribution in [0.3, 0.4) is 0 Å². The third-order valence-electron chi connectivity index (χ3n) is 9.06. The molecule has 8 rings (SSSR count). The zero-order valence-corrected chi connectivity index (χ0v) is 40.2. The second-order valence-electron chi connectivity index (χ2n) is 13.5. The molecule has 0 amide bonds. The quantitative estimate of drug-likeness (QED) is 0.0452. The SMILES string of the molecule is Nc1cc(-c2nc(Nc3ccccc3)nc(Nc3ccccc3)n2)cc(S(=O)(=O)[O-])c1C=Cc1ccc(-c2nc(Nc3ccccc3)nc(Nc3ccccc3)n2)cc1S(=O)(=O)[O-].[Na+].[Na+]. The van der Waals surface area contributed by atoms with E-state index >= 15 is 0 Å². The Balaban J connectivity index is 0.00000350. The zero-order chi connectivity index (χ0) is 44.0. The molecule has 0 atom stereocenters. The molecule has 0 bridgehead atoms. The van der Waals surface area contributed by atoms with E-state index in [-0.39, 0.29) is 122 Å². The number of benzene rings is 6. The van der Waals surface area contributed by atoms with E-state index in [0.717, 1.165) is 18.2 Å². The van der Waals surface area contributed by atoms with Crippen molar-refractivity contribution in [3.63, 3.8) is 0 Å². The Morgan fingerprint density at radius 1 is 0.431 bits per heavy atom. The number of aromatic nitrogens is 6. The smallest absolute Gasteiger partial charge is 0.744 e. The average molecular weight is 922 g/mol. The second kappa shape index (κ2) is 21.3. The number of anilines is 9. The molecular formula is C44H33N11Na2O6S2. The number of hydrogen-bond donors (Lipinski definition) is 5. The van der Waals surface area contributed by atoms with Crippen molar-refractivity contribution in [2.75, 3.05) is 27.0 Å². The molecule has 2 aromatic heterocycles. The van der Waals surface area contributed by atoms with Crippen LogP contribution in [0.1, 0.15) is 11.1 Å². The van der Waals surface area contributed by atoms with Gasteiger partial charge in [-0.25, -0.2) is 16.8 Å². The van der Waals surface area contributed by atoms with Crippen molar-refractivity contribution >= 4 is 84.6 Å². The van der Waals surface area contributed by atoms with Gasteiger partial charge in [0.2, 0.25) is 23.8 Å². The molecule has 65 heavy (non-hydrogen) atoms. The summed E-state index contributed by atoms with van der Waals surface area (Å²) < 4.78 is 76.8. The van der Waals surface area contributed by atoms with Crippen molar-refractivity contribution in [3.05, 3.63) is 163 Å². The molecule has 0 aliphatic rings. The molecule has 6 aromatic carbocycles. The van der Waals surface area contributed by atoms with E-state index in [0.29, 0.717) is 22.7 Å². The van der Waals surface area contributed by atoms with Crippen LogP contribution in [0.5, 0.6) is 0 Å². The molecule has 8 aromatic rings. The first-order chi connectivity index (χ1) is 30.3. The fourth-order valence-electron chi connectivity index (χ4n) is 6.20. The van der Waals surface area contributed by atoms with Crippen molar-refractivity contribution in [2.45, 2.75) is 9.79 Å². The molecule has 0 unspecified atom stereocenters. The minimum atomic E-state index is -5.24. The largest absolute Gasteiger partial charge is 1.00 e. The summed E-state index contributed by atoms with van der Waals surface area (Å²) in [5, 5.41) is 12.4. The molecule has 0 aliphatic carbocycles. The van der Waals surface area contributed by atoms with Crippen molar-refractivity contribution in [2.24, 2.45) is 0 Å². The van der Waals surface area contributed by atoms with E-state index < -0.39 is 30.0 Å². The molecule has 17 nitrogen and oxygen atoms in total. The summed E-state index contributed by atoms with van der Waals surface area (Å²) in [6.07, 6.45) is 2.30. The molecule has 0 fully saturated rings. The van der Waals surface area contributed by atoms with Crippen molar-refractivity contribution in [1.82, 2.24) is 29.9 Å². The van der Waals surface area contributed by atoms with Gasteiger partial charge < -0.3 is 36.1 Å². The van der Waals surface area contributed by atoms with Crippen LogP contribution in [0.15, 0.2) is 161 Å². The molecule has 0 radical (unpaired) electrons. The average Bonchev–Trinajstić information content (AvgIpc) is 3.26. The van der Waals surface area contributed by atoms with E-state index in [9.17, 15) is 25.9 Å². The second-order valence-corrected chi connectivity index (χ2v) is 16.2. The number of para-hydroxylation sites is 4. The van der Waals surface area contributed by atoms with Gasteiger partial charge in [0.05, 0.1) is 9.79 Å². The van der Waals surface area contributed by atoms with Gasteiger partial charge in [0.25, 0.3) is 0 Å². The van der Waals surface area contributed by atoms with Crippen LogP contribution >= 0.6 is 0 Å². The molecule has 21 heteroatoms. The Bertz CT molecular complexity index is 3080. The molecule has 2 heterocycles. The van der Waals surface area contributed by atoms with Crippen molar-refractivity contribution < 1.29 is 85.1 Å². The van der Waals surface area contributed by atoms with Crippen molar-refractivity contribution in [1.29, 1.82) is 0 Å². The molecule has 0 aliphatic heterocycles. The molecule has 6 N–H and O–H groups in total. The third kappa shape index (κ3) is 12.6. The van der Waals surface area contributed by atoms with E-state index in [2.05, 4.69) is 51.2 Å². The minimum absolute atomic E-state index is 0. The van der Waals surface area contributed by atoms with Gasteiger partial charge in [0.1, 0.15) is 20.2 Å². The predicted molar refractivity (Wildman–Crippen MR) is 239 cm³/mol. The maximum atomic E-state index is 12.8. The Labute approximate surface area is 418 Å². The summed E-state index contributed by atoms with van der Waals surface area (Å²) in [4.78, 5) is 25.4. The third-order valence-corrected chi connectivity index (χ3v) is 10.8.